The van der Waals surface area contributed by atoms with Gasteiger partial charge < -0.3 is 15.2 Å². The molecule has 0 radical (unpaired) electrons. The number of nitrogen functional groups attached to an aromatic ring is 1. The van der Waals surface area contributed by atoms with Crippen LogP contribution in [0.1, 0.15) is 15.9 Å². The number of ether oxygens (including phenoxy) is 2. The fourth-order valence-corrected chi connectivity index (χ4v) is 2.26. The molecule has 2 aromatic rings. The second-order valence-corrected chi connectivity index (χ2v) is 5.05. The first-order valence-electron chi connectivity index (χ1n) is 6.06. The zero-order chi connectivity index (χ0) is 15.4. The number of anilines is 1. The maximum absolute atomic E-state index is 12.0. The van der Waals surface area contributed by atoms with Crippen molar-refractivity contribution in [1.29, 1.82) is 0 Å². The molecule has 6 heteroatoms. The van der Waals surface area contributed by atoms with Crippen LogP contribution in [0.3, 0.4) is 0 Å². The lowest BCUT2D eigenvalue weighted by atomic mass is 10.2. The van der Waals surface area contributed by atoms with Gasteiger partial charge in [0.2, 0.25) is 0 Å². The molecule has 0 spiro atoms. The molecule has 0 saturated carbocycles. The second kappa shape index (κ2) is 6.70. The highest BCUT2D eigenvalue weighted by atomic mass is 35.5. The van der Waals surface area contributed by atoms with Crippen LogP contribution >= 0.6 is 23.2 Å². The van der Waals surface area contributed by atoms with Crippen LogP contribution in [0.2, 0.25) is 10.0 Å². The van der Waals surface area contributed by atoms with Crippen LogP contribution in [0.25, 0.3) is 0 Å². The van der Waals surface area contributed by atoms with E-state index in [4.69, 9.17) is 38.4 Å². The predicted molar refractivity (Wildman–Crippen MR) is 83.0 cm³/mol. The minimum absolute atomic E-state index is 0.0106. The Labute approximate surface area is 132 Å². The van der Waals surface area contributed by atoms with E-state index in [1.54, 1.807) is 30.3 Å². The van der Waals surface area contributed by atoms with Crippen molar-refractivity contribution in [2.45, 2.75) is 6.61 Å². The quantitative estimate of drug-likeness (QED) is 0.683. The Balaban J connectivity index is 2.10. The zero-order valence-electron chi connectivity index (χ0n) is 11.2. The molecular formula is C15H13Cl2NO3. The van der Waals surface area contributed by atoms with Crippen molar-refractivity contribution in [2.24, 2.45) is 0 Å². The van der Waals surface area contributed by atoms with Crippen LogP contribution in [-0.4, -0.2) is 13.1 Å². The number of halogens is 2. The van der Waals surface area contributed by atoms with Crippen LogP contribution in [0.4, 0.5) is 5.69 Å². The van der Waals surface area contributed by atoms with Gasteiger partial charge in [0.1, 0.15) is 12.4 Å². The SMILES string of the molecule is COc1ccc(C(=O)OCc2c(Cl)cccc2Cl)cc1N. The van der Waals surface area contributed by atoms with Crippen molar-refractivity contribution in [3.63, 3.8) is 0 Å². The first kappa shape index (κ1) is 15.5. The molecule has 0 fully saturated rings. The summed E-state index contributed by atoms with van der Waals surface area (Å²) in [6.07, 6.45) is 0. The minimum Gasteiger partial charge on any atom is -0.495 e. The molecule has 2 aromatic carbocycles. The van der Waals surface area contributed by atoms with E-state index in [1.165, 1.54) is 13.2 Å². The van der Waals surface area contributed by atoms with Crippen molar-refractivity contribution < 1.29 is 14.3 Å². The number of benzene rings is 2. The molecule has 4 nitrogen and oxygen atoms in total. The molecule has 0 amide bonds. The Hall–Kier alpha value is -1.91. The van der Waals surface area contributed by atoms with Gasteiger partial charge in [0.25, 0.3) is 0 Å². The van der Waals surface area contributed by atoms with E-state index >= 15 is 0 Å². The average molecular weight is 326 g/mol. The summed E-state index contributed by atoms with van der Waals surface area (Å²) < 4.78 is 10.2. The summed E-state index contributed by atoms with van der Waals surface area (Å²) in [5.74, 6) is -0.0129. The molecule has 0 unspecified atom stereocenters. The fraction of sp³-hybridized carbons (Fsp3) is 0.133. The highest BCUT2D eigenvalue weighted by molar-refractivity contribution is 6.35. The van der Waals surface area contributed by atoms with Gasteiger partial charge in [0, 0.05) is 15.6 Å². The maximum Gasteiger partial charge on any atom is 0.338 e. The van der Waals surface area contributed by atoms with Crippen molar-refractivity contribution in [3.05, 3.63) is 57.6 Å². The number of carbonyl (C=O) groups excluding carboxylic acids is 1. The third-order valence-electron chi connectivity index (χ3n) is 2.87. The lowest BCUT2D eigenvalue weighted by molar-refractivity contribution is 0.0473. The summed E-state index contributed by atoms with van der Waals surface area (Å²) in [6.45, 7) is -0.0106. The van der Waals surface area contributed by atoms with Gasteiger partial charge in [-0.05, 0) is 30.3 Å². The Bertz CT molecular complexity index is 654. The molecule has 0 heterocycles. The number of rotatable bonds is 4. The van der Waals surface area contributed by atoms with Gasteiger partial charge in [-0.1, -0.05) is 29.3 Å². The summed E-state index contributed by atoms with van der Waals surface area (Å²) in [6, 6.07) is 9.76. The molecule has 0 aromatic heterocycles. The third kappa shape index (κ3) is 3.60. The summed E-state index contributed by atoms with van der Waals surface area (Å²) >= 11 is 12.0. The number of hydrogen-bond donors (Lipinski definition) is 1. The summed E-state index contributed by atoms with van der Waals surface area (Å²) in [7, 11) is 1.50. The number of nitrogens with two attached hydrogens (primary N) is 1. The molecule has 0 atom stereocenters. The third-order valence-corrected chi connectivity index (χ3v) is 3.58. The molecule has 0 bridgehead atoms. The lowest BCUT2D eigenvalue weighted by Gasteiger charge is -2.09. The highest BCUT2D eigenvalue weighted by Gasteiger charge is 2.12. The predicted octanol–water partition coefficient (Wildman–Crippen LogP) is 3.94. The Morgan fingerprint density at radius 2 is 1.86 bits per heavy atom. The van der Waals surface area contributed by atoms with E-state index < -0.39 is 5.97 Å². The molecule has 0 aliphatic heterocycles. The van der Waals surface area contributed by atoms with Crippen LogP contribution in [0.15, 0.2) is 36.4 Å². The number of esters is 1. The zero-order valence-corrected chi connectivity index (χ0v) is 12.7. The largest absolute Gasteiger partial charge is 0.495 e. The average Bonchev–Trinajstić information content (AvgIpc) is 2.46. The van der Waals surface area contributed by atoms with Gasteiger partial charge >= 0.3 is 5.97 Å². The van der Waals surface area contributed by atoms with Crippen molar-refractivity contribution in [2.75, 3.05) is 12.8 Å². The van der Waals surface area contributed by atoms with Crippen LogP contribution in [0, 0.1) is 0 Å². The first-order chi connectivity index (χ1) is 10.0. The topological polar surface area (TPSA) is 61.5 Å². The Morgan fingerprint density at radius 1 is 1.19 bits per heavy atom. The Kier molecular flexibility index (Phi) is 4.94. The molecule has 2 N–H and O–H groups in total. The number of carbonyl (C=O) groups is 1. The van der Waals surface area contributed by atoms with Gasteiger partial charge in [-0.2, -0.15) is 0 Å². The van der Waals surface area contributed by atoms with Crippen molar-refractivity contribution in [3.8, 4) is 5.75 Å². The van der Waals surface area contributed by atoms with Crippen molar-refractivity contribution in [1.82, 2.24) is 0 Å². The molecule has 110 valence electrons. The van der Waals surface area contributed by atoms with Crippen molar-refractivity contribution >= 4 is 34.9 Å². The normalized spacial score (nSPS) is 10.2. The second-order valence-electron chi connectivity index (χ2n) is 4.23. The molecule has 0 saturated heterocycles. The smallest absolute Gasteiger partial charge is 0.338 e. The van der Waals surface area contributed by atoms with Gasteiger partial charge in [-0.15, -0.1) is 0 Å². The first-order valence-corrected chi connectivity index (χ1v) is 6.82. The molecule has 0 aliphatic rings. The monoisotopic (exact) mass is 325 g/mol. The molecule has 0 aliphatic carbocycles. The summed E-state index contributed by atoms with van der Waals surface area (Å²) in [5, 5.41) is 0.897. The van der Waals surface area contributed by atoms with Gasteiger partial charge in [0.15, 0.2) is 0 Å². The highest BCUT2D eigenvalue weighted by Crippen LogP contribution is 2.26. The van der Waals surface area contributed by atoms with Gasteiger partial charge in [-0.25, -0.2) is 4.79 Å². The van der Waals surface area contributed by atoms with E-state index in [1.807, 2.05) is 0 Å². The van der Waals surface area contributed by atoms with E-state index in [0.717, 1.165) is 0 Å². The number of methoxy groups -OCH3 is 1. The minimum atomic E-state index is -0.514. The Morgan fingerprint density at radius 3 is 2.43 bits per heavy atom. The van der Waals surface area contributed by atoms with Crippen LogP contribution in [0.5, 0.6) is 5.75 Å². The molecular weight excluding hydrogens is 313 g/mol. The van der Waals surface area contributed by atoms with Crippen LogP contribution in [-0.2, 0) is 11.3 Å². The van der Waals surface area contributed by atoms with E-state index in [9.17, 15) is 4.79 Å². The van der Waals surface area contributed by atoms with E-state index in [2.05, 4.69) is 0 Å². The van der Waals surface area contributed by atoms with Gasteiger partial charge in [-0.3, -0.25) is 0 Å². The van der Waals surface area contributed by atoms with E-state index in [-0.39, 0.29) is 6.61 Å². The standard InChI is InChI=1S/C15H13Cl2NO3/c1-20-14-6-5-9(7-13(14)18)15(19)21-8-10-11(16)3-2-4-12(10)17/h2-7H,8,18H2,1H3. The lowest BCUT2D eigenvalue weighted by Crippen LogP contribution is -2.07. The summed E-state index contributed by atoms with van der Waals surface area (Å²) in [4.78, 5) is 12.0. The molecule has 21 heavy (non-hydrogen) atoms. The number of hydrogen-bond acceptors (Lipinski definition) is 4. The van der Waals surface area contributed by atoms with Gasteiger partial charge in [0.05, 0.1) is 18.4 Å². The fourth-order valence-electron chi connectivity index (χ4n) is 1.75. The maximum atomic E-state index is 12.0. The summed E-state index contributed by atoms with van der Waals surface area (Å²) in [5.41, 5.74) is 7.01. The molecule has 2 rings (SSSR count). The van der Waals surface area contributed by atoms with Crippen LogP contribution < -0.4 is 10.5 Å². The van der Waals surface area contributed by atoms with E-state index in [0.29, 0.717) is 32.6 Å².